The lowest BCUT2D eigenvalue weighted by Crippen LogP contribution is -2.33. The third-order valence-corrected chi connectivity index (χ3v) is 5.31. The predicted molar refractivity (Wildman–Crippen MR) is 99.6 cm³/mol. The molecule has 1 aromatic carbocycles. The Morgan fingerprint density at radius 2 is 1.54 bits per heavy atom. The summed E-state index contributed by atoms with van der Waals surface area (Å²) in [6, 6.07) is 15.9. The van der Waals surface area contributed by atoms with Crippen LogP contribution in [-0.2, 0) is 17.9 Å². The maximum Gasteiger partial charge on any atom is 0.261 e. The van der Waals surface area contributed by atoms with Crippen molar-refractivity contribution in [1.82, 2.24) is 4.90 Å². The minimum Gasteiger partial charge on any atom is -0.484 e. The van der Waals surface area contributed by atoms with Crippen molar-refractivity contribution in [2.75, 3.05) is 6.61 Å². The number of carbonyl (C=O) groups is 1. The van der Waals surface area contributed by atoms with Crippen LogP contribution in [0.4, 0.5) is 0 Å². The fourth-order valence-corrected chi connectivity index (χ4v) is 3.72. The van der Waals surface area contributed by atoms with Crippen molar-refractivity contribution >= 4 is 28.6 Å². The molecule has 2 aromatic heterocycles. The smallest absolute Gasteiger partial charge is 0.261 e. The molecule has 0 spiro atoms. The third-order valence-electron chi connectivity index (χ3n) is 3.59. The second-order valence-electron chi connectivity index (χ2n) is 5.51. The first-order valence-electron chi connectivity index (χ1n) is 7.73. The van der Waals surface area contributed by atoms with Gasteiger partial charge in [0.2, 0.25) is 0 Å². The van der Waals surface area contributed by atoms with Gasteiger partial charge in [-0.1, -0.05) is 29.8 Å². The van der Waals surface area contributed by atoms with Crippen LogP contribution in [0.1, 0.15) is 15.3 Å². The Morgan fingerprint density at radius 3 is 2.04 bits per heavy atom. The molecular formula is C19H19NO2S2. The average molecular weight is 358 g/mol. The molecule has 3 rings (SSSR count). The van der Waals surface area contributed by atoms with Gasteiger partial charge in [0.1, 0.15) is 5.75 Å². The van der Waals surface area contributed by atoms with Crippen LogP contribution in [0.2, 0.25) is 0 Å². The van der Waals surface area contributed by atoms with E-state index in [2.05, 4.69) is 12.1 Å². The van der Waals surface area contributed by atoms with E-state index in [1.165, 1.54) is 15.3 Å². The molecule has 24 heavy (non-hydrogen) atoms. The van der Waals surface area contributed by atoms with Gasteiger partial charge in [0.05, 0.1) is 13.1 Å². The molecule has 0 saturated heterocycles. The summed E-state index contributed by atoms with van der Waals surface area (Å²) in [7, 11) is 0. The molecule has 5 heteroatoms. The van der Waals surface area contributed by atoms with Crippen molar-refractivity contribution < 1.29 is 9.53 Å². The van der Waals surface area contributed by atoms with Crippen LogP contribution in [0.15, 0.2) is 59.3 Å². The van der Waals surface area contributed by atoms with Gasteiger partial charge in [-0.2, -0.15) is 0 Å². The topological polar surface area (TPSA) is 29.5 Å². The Labute approximate surface area is 150 Å². The van der Waals surface area contributed by atoms with Crippen LogP contribution < -0.4 is 4.74 Å². The van der Waals surface area contributed by atoms with Crippen LogP contribution in [-0.4, -0.2) is 17.4 Å². The predicted octanol–water partition coefficient (Wildman–Crippen LogP) is 4.73. The van der Waals surface area contributed by atoms with Crippen molar-refractivity contribution in [3.8, 4) is 5.75 Å². The fourth-order valence-electron chi connectivity index (χ4n) is 2.28. The quantitative estimate of drug-likeness (QED) is 0.612. The Kier molecular flexibility index (Phi) is 5.67. The molecular weight excluding hydrogens is 338 g/mol. The Morgan fingerprint density at radius 1 is 0.958 bits per heavy atom. The summed E-state index contributed by atoms with van der Waals surface area (Å²) in [6.07, 6.45) is 0. The molecule has 0 aliphatic heterocycles. The lowest BCUT2D eigenvalue weighted by Gasteiger charge is -2.21. The van der Waals surface area contributed by atoms with Crippen LogP contribution in [0, 0.1) is 6.92 Å². The van der Waals surface area contributed by atoms with Gasteiger partial charge in [-0.15, -0.1) is 22.7 Å². The van der Waals surface area contributed by atoms with Crippen LogP contribution in [0.3, 0.4) is 0 Å². The maximum absolute atomic E-state index is 12.6. The molecule has 0 N–H and O–H groups in total. The molecule has 0 unspecified atom stereocenters. The molecule has 3 aromatic rings. The molecule has 3 nitrogen and oxygen atoms in total. The molecule has 0 fully saturated rings. The number of thiophene rings is 2. The molecule has 0 aliphatic carbocycles. The maximum atomic E-state index is 12.6. The summed E-state index contributed by atoms with van der Waals surface area (Å²) in [6.45, 7) is 3.32. The van der Waals surface area contributed by atoms with Gasteiger partial charge >= 0.3 is 0 Å². The second-order valence-corrected chi connectivity index (χ2v) is 7.57. The highest BCUT2D eigenvalue weighted by Crippen LogP contribution is 2.18. The first-order chi connectivity index (χ1) is 11.7. The first-order valence-corrected chi connectivity index (χ1v) is 9.48. The fraction of sp³-hybridized carbons (Fsp3) is 0.211. The summed E-state index contributed by atoms with van der Waals surface area (Å²) in [5.41, 5.74) is 1.17. The van der Waals surface area contributed by atoms with E-state index in [-0.39, 0.29) is 12.5 Å². The lowest BCUT2D eigenvalue weighted by atomic mass is 10.2. The number of rotatable bonds is 7. The van der Waals surface area contributed by atoms with Crippen molar-refractivity contribution in [3.05, 3.63) is 74.6 Å². The standard InChI is InChI=1S/C19H19NO2S2/c1-15-6-8-16(9-7-15)22-14-19(21)20(12-17-4-2-10-23-17)13-18-5-3-11-24-18/h2-11H,12-14H2,1H3. The number of benzene rings is 1. The second kappa shape index (κ2) is 8.13. The van der Waals surface area contributed by atoms with Crippen molar-refractivity contribution in [3.63, 3.8) is 0 Å². The van der Waals surface area contributed by atoms with E-state index in [9.17, 15) is 4.79 Å². The number of hydrogen-bond acceptors (Lipinski definition) is 4. The monoisotopic (exact) mass is 357 g/mol. The zero-order valence-corrected chi connectivity index (χ0v) is 15.1. The van der Waals surface area contributed by atoms with Crippen molar-refractivity contribution in [1.29, 1.82) is 0 Å². The summed E-state index contributed by atoms with van der Waals surface area (Å²) in [4.78, 5) is 16.9. The number of nitrogens with zero attached hydrogens (tertiary/aromatic N) is 1. The lowest BCUT2D eigenvalue weighted by molar-refractivity contribution is -0.134. The van der Waals surface area contributed by atoms with E-state index in [4.69, 9.17) is 4.74 Å². The number of hydrogen-bond donors (Lipinski definition) is 0. The number of carbonyl (C=O) groups excluding carboxylic acids is 1. The number of amides is 1. The van der Waals surface area contributed by atoms with Gasteiger partial charge in [0.25, 0.3) is 5.91 Å². The SMILES string of the molecule is Cc1ccc(OCC(=O)N(Cc2cccs2)Cc2cccs2)cc1. The Hall–Kier alpha value is -2.11. The highest BCUT2D eigenvalue weighted by Gasteiger charge is 2.16. The summed E-state index contributed by atoms with van der Waals surface area (Å²) < 4.78 is 5.66. The molecule has 0 aliphatic rings. The molecule has 2 heterocycles. The van der Waals surface area contributed by atoms with E-state index in [1.54, 1.807) is 22.7 Å². The van der Waals surface area contributed by atoms with E-state index in [0.717, 1.165) is 5.75 Å². The van der Waals surface area contributed by atoms with Gasteiger partial charge in [-0.05, 0) is 41.9 Å². The van der Waals surface area contributed by atoms with Crippen LogP contribution >= 0.6 is 22.7 Å². The minimum absolute atomic E-state index is 0.00243. The van der Waals surface area contributed by atoms with Crippen LogP contribution in [0.5, 0.6) is 5.75 Å². The highest BCUT2D eigenvalue weighted by molar-refractivity contribution is 7.10. The van der Waals surface area contributed by atoms with Gasteiger partial charge in [-0.25, -0.2) is 0 Å². The molecule has 0 saturated carbocycles. The number of ether oxygens (including phenoxy) is 1. The summed E-state index contributed by atoms with van der Waals surface area (Å²) >= 11 is 3.33. The third kappa shape index (κ3) is 4.69. The van der Waals surface area contributed by atoms with E-state index in [0.29, 0.717) is 13.1 Å². The highest BCUT2D eigenvalue weighted by atomic mass is 32.1. The van der Waals surface area contributed by atoms with Crippen molar-refractivity contribution in [2.24, 2.45) is 0 Å². The first kappa shape index (κ1) is 16.7. The Balaban J connectivity index is 1.64. The van der Waals surface area contributed by atoms with Gasteiger partial charge < -0.3 is 9.64 Å². The summed E-state index contributed by atoms with van der Waals surface area (Å²) in [5, 5.41) is 4.07. The average Bonchev–Trinajstić information content (AvgIpc) is 3.27. The normalized spacial score (nSPS) is 10.5. The van der Waals surface area contributed by atoms with Crippen LogP contribution in [0.25, 0.3) is 0 Å². The minimum atomic E-state index is -0.00243. The zero-order chi connectivity index (χ0) is 16.8. The number of aryl methyl sites for hydroxylation is 1. The molecule has 0 radical (unpaired) electrons. The van der Waals surface area contributed by atoms with E-state index in [1.807, 2.05) is 59.0 Å². The zero-order valence-electron chi connectivity index (χ0n) is 13.5. The van der Waals surface area contributed by atoms with Crippen molar-refractivity contribution in [2.45, 2.75) is 20.0 Å². The molecule has 124 valence electrons. The molecule has 0 bridgehead atoms. The van der Waals surface area contributed by atoms with Gasteiger partial charge in [0.15, 0.2) is 6.61 Å². The molecule has 0 atom stereocenters. The van der Waals surface area contributed by atoms with E-state index >= 15 is 0 Å². The molecule has 1 amide bonds. The largest absolute Gasteiger partial charge is 0.484 e. The van der Waals surface area contributed by atoms with E-state index < -0.39 is 0 Å². The van der Waals surface area contributed by atoms with Gasteiger partial charge in [-0.3, -0.25) is 4.79 Å². The Bertz CT molecular complexity index is 713. The summed E-state index contributed by atoms with van der Waals surface area (Å²) in [5.74, 6) is 0.721. The van der Waals surface area contributed by atoms with Gasteiger partial charge in [0, 0.05) is 9.75 Å².